The first-order valence-electron chi connectivity index (χ1n) is 14.4. The molecule has 0 bridgehead atoms. The van der Waals surface area contributed by atoms with Crippen molar-refractivity contribution in [1.82, 2.24) is 4.90 Å². The van der Waals surface area contributed by atoms with Gasteiger partial charge in [-0.05, 0) is 67.9 Å². The Kier molecular flexibility index (Phi) is 14.8. The third-order valence-corrected chi connectivity index (χ3v) is 8.58. The SMILES string of the molecule is CC/C=C\C(CC/C=C/SC)CN(C)C(N)=NC(C=O)(CCC1CCCCC1)CC1CCCCC1. The largest absolute Gasteiger partial charge is 0.370 e. The van der Waals surface area contributed by atoms with E-state index in [1.807, 2.05) is 7.05 Å². The van der Waals surface area contributed by atoms with Gasteiger partial charge in [-0.15, -0.1) is 11.8 Å². The van der Waals surface area contributed by atoms with E-state index in [2.05, 4.69) is 41.7 Å². The zero-order valence-corrected chi connectivity index (χ0v) is 23.7. The first kappa shape index (κ1) is 30.0. The van der Waals surface area contributed by atoms with Gasteiger partial charge >= 0.3 is 0 Å². The van der Waals surface area contributed by atoms with Gasteiger partial charge in [0.2, 0.25) is 0 Å². The predicted octanol–water partition coefficient (Wildman–Crippen LogP) is 7.74. The van der Waals surface area contributed by atoms with Gasteiger partial charge in [-0.3, -0.25) is 0 Å². The third kappa shape index (κ3) is 11.6. The van der Waals surface area contributed by atoms with Gasteiger partial charge < -0.3 is 15.4 Å². The molecular formula is C30H53N3OS. The summed E-state index contributed by atoms with van der Waals surface area (Å²) in [6.45, 7) is 3.01. The quantitative estimate of drug-likeness (QED) is 0.107. The molecule has 0 aromatic rings. The van der Waals surface area contributed by atoms with Crippen LogP contribution in [-0.2, 0) is 4.79 Å². The summed E-state index contributed by atoms with van der Waals surface area (Å²) in [5.41, 5.74) is 5.96. The molecule has 2 atom stereocenters. The Balaban J connectivity index is 2.12. The number of hydrogen-bond acceptors (Lipinski definition) is 3. The van der Waals surface area contributed by atoms with E-state index in [0.29, 0.717) is 17.8 Å². The number of carbonyl (C=O) groups is 1. The number of nitrogens with two attached hydrogens (primary N) is 1. The molecule has 2 fully saturated rings. The summed E-state index contributed by atoms with van der Waals surface area (Å²) in [5, 5.41) is 2.16. The van der Waals surface area contributed by atoms with Crippen LogP contribution in [0.1, 0.15) is 110 Å². The first-order valence-corrected chi connectivity index (χ1v) is 15.7. The highest BCUT2D eigenvalue weighted by atomic mass is 32.2. The molecule has 0 radical (unpaired) electrons. The fraction of sp³-hybridized carbons (Fsp3) is 0.800. The molecule has 2 unspecified atom stereocenters. The monoisotopic (exact) mass is 503 g/mol. The molecule has 2 aliphatic carbocycles. The van der Waals surface area contributed by atoms with Gasteiger partial charge in [-0.2, -0.15) is 0 Å². The Hall–Kier alpha value is -1.23. The number of aliphatic imine (C=N–C) groups is 1. The highest BCUT2D eigenvalue weighted by molar-refractivity contribution is 8.01. The van der Waals surface area contributed by atoms with Crippen molar-refractivity contribution in [2.45, 2.75) is 115 Å². The summed E-state index contributed by atoms with van der Waals surface area (Å²) < 4.78 is 0. The van der Waals surface area contributed by atoms with Crippen LogP contribution in [-0.4, -0.2) is 42.5 Å². The van der Waals surface area contributed by atoms with Gasteiger partial charge in [0.15, 0.2) is 5.96 Å². The van der Waals surface area contributed by atoms with E-state index in [1.165, 1.54) is 64.2 Å². The van der Waals surface area contributed by atoms with Gasteiger partial charge in [-0.25, -0.2) is 4.99 Å². The molecule has 0 aliphatic heterocycles. The molecule has 0 spiro atoms. The molecule has 2 N–H and O–H groups in total. The van der Waals surface area contributed by atoms with Crippen molar-refractivity contribution >= 4 is 24.0 Å². The van der Waals surface area contributed by atoms with Crippen molar-refractivity contribution in [2.24, 2.45) is 28.5 Å². The number of guanidine groups is 1. The summed E-state index contributed by atoms with van der Waals surface area (Å²) in [5.74, 6) is 2.31. The summed E-state index contributed by atoms with van der Waals surface area (Å²) in [6, 6.07) is 0. The zero-order valence-electron chi connectivity index (χ0n) is 22.9. The maximum absolute atomic E-state index is 12.7. The topological polar surface area (TPSA) is 58.7 Å². The van der Waals surface area contributed by atoms with Crippen LogP contribution < -0.4 is 5.73 Å². The Morgan fingerprint density at radius 1 is 1.09 bits per heavy atom. The van der Waals surface area contributed by atoms with Crippen LogP contribution in [0.3, 0.4) is 0 Å². The van der Waals surface area contributed by atoms with E-state index in [1.54, 1.807) is 11.8 Å². The standard InChI is InChI=1S/C30H53N3OS/c1-4-5-14-28(19-12-13-22-35-3)24-33(2)29(31)32-30(25-34,23-27-17-10-7-11-18-27)21-20-26-15-8-6-9-16-26/h5,13-14,22,25-28H,4,6-12,15-21,23-24H2,1-3H3,(H2,31,32)/b14-5-,22-13+. The van der Waals surface area contributed by atoms with E-state index in [-0.39, 0.29) is 0 Å². The minimum Gasteiger partial charge on any atom is -0.370 e. The second-order valence-corrected chi connectivity index (χ2v) is 11.8. The van der Waals surface area contributed by atoms with Gasteiger partial charge in [0.05, 0.1) is 0 Å². The average molecular weight is 504 g/mol. The molecule has 4 nitrogen and oxygen atoms in total. The maximum Gasteiger partial charge on any atom is 0.191 e. The van der Waals surface area contributed by atoms with Crippen LogP contribution >= 0.6 is 11.8 Å². The molecule has 0 aromatic carbocycles. The minimum atomic E-state index is -0.659. The van der Waals surface area contributed by atoms with Crippen LogP contribution in [0, 0.1) is 17.8 Å². The summed E-state index contributed by atoms with van der Waals surface area (Å²) in [4.78, 5) is 19.8. The van der Waals surface area contributed by atoms with E-state index in [0.717, 1.165) is 57.3 Å². The second-order valence-electron chi connectivity index (χ2n) is 11.1. The molecule has 2 rings (SSSR count). The third-order valence-electron chi connectivity index (χ3n) is 8.11. The van der Waals surface area contributed by atoms with Gasteiger partial charge in [-0.1, -0.05) is 89.4 Å². The lowest BCUT2D eigenvalue weighted by atomic mass is 9.76. The van der Waals surface area contributed by atoms with E-state index >= 15 is 0 Å². The van der Waals surface area contributed by atoms with Crippen molar-refractivity contribution < 1.29 is 4.79 Å². The number of carbonyl (C=O) groups excluding carboxylic acids is 1. The molecule has 35 heavy (non-hydrogen) atoms. The number of aldehydes is 1. The van der Waals surface area contributed by atoms with E-state index in [9.17, 15) is 4.79 Å². The smallest absolute Gasteiger partial charge is 0.191 e. The number of allylic oxidation sites excluding steroid dienone is 2. The Bertz CT molecular complexity index is 665. The molecule has 0 heterocycles. The minimum absolute atomic E-state index is 0.423. The normalized spacial score (nSPS) is 21.4. The van der Waals surface area contributed by atoms with E-state index in [4.69, 9.17) is 10.7 Å². The highest BCUT2D eigenvalue weighted by Gasteiger charge is 2.34. The van der Waals surface area contributed by atoms with Crippen LogP contribution in [0.25, 0.3) is 0 Å². The fourth-order valence-corrected chi connectivity index (χ4v) is 6.30. The van der Waals surface area contributed by atoms with Gasteiger partial charge in [0.25, 0.3) is 0 Å². The molecule has 200 valence electrons. The number of hydrogen-bond donors (Lipinski definition) is 1. The highest BCUT2D eigenvalue weighted by Crippen LogP contribution is 2.37. The lowest BCUT2D eigenvalue weighted by Gasteiger charge is -2.34. The number of thioether (sulfide) groups is 1. The van der Waals surface area contributed by atoms with Crippen molar-refractivity contribution in [2.75, 3.05) is 19.8 Å². The van der Waals surface area contributed by atoms with Gasteiger partial charge in [0, 0.05) is 13.6 Å². The summed E-state index contributed by atoms with van der Waals surface area (Å²) in [7, 11) is 2.04. The Morgan fingerprint density at radius 3 is 2.34 bits per heavy atom. The molecule has 2 saturated carbocycles. The van der Waals surface area contributed by atoms with Gasteiger partial charge in [0.1, 0.15) is 11.8 Å². The summed E-state index contributed by atoms with van der Waals surface area (Å²) >= 11 is 1.75. The molecular weight excluding hydrogens is 450 g/mol. The molecule has 0 aromatic heterocycles. The molecule has 0 saturated heterocycles. The first-order chi connectivity index (χ1) is 17.0. The van der Waals surface area contributed by atoms with Crippen LogP contribution in [0.4, 0.5) is 0 Å². The number of rotatable bonds is 15. The van der Waals surface area contributed by atoms with Crippen molar-refractivity contribution in [3.8, 4) is 0 Å². The lowest BCUT2D eigenvalue weighted by molar-refractivity contribution is -0.113. The molecule has 0 amide bonds. The summed E-state index contributed by atoms with van der Waals surface area (Å²) in [6.07, 6.45) is 29.2. The Morgan fingerprint density at radius 2 is 1.74 bits per heavy atom. The van der Waals surface area contributed by atoms with Crippen molar-refractivity contribution in [3.63, 3.8) is 0 Å². The van der Waals surface area contributed by atoms with E-state index < -0.39 is 5.54 Å². The zero-order chi connectivity index (χ0) is 25.4. The van der Waals surface area contributed by atoms with Crippen LogP contribution in [0.15, 0.2) is 28.6 Å². The van der Waals surface area contributed by atoms with Crippen LogP contribution in [0.5, 0.6) is 0 Å². The lowest BCUT2D eigenvalue weighted by Crippen LogP contribution is -2.42. The average Bonchev–Trinajstić information content (AvgIpc) is 2.89. The maximum atomic E-state index is 12.7. The number of nitrogens with zero attached hydrogens (tertiary/aromatic N) is 2. The Labute approximate surface area is 220 Å². The predicted molar refractivity (Wildman–Crippen MR) is 155 cm³/mol. The van der Waals surface area contributed by atoms with Crippen LogP contribution in [0.2, 0.25) is 0 Å². The molecule has 5 heteroatoms. The second kappa shape index (κ2) is 17.3. The van der Waals surface area contributed by atoms with Crippen molar-refractivity contribution in [1.29, 1.82) is 0 Å². The fourth-order valence-electron chi connectivity index (χ4n) is 5.97. The molecule has 2 aliphatic rings. The van der Waals surface area contributed by atoms with Crippen molar-refractivity contribution in [3.05, 3.63) is 23.6 Å².